The van der Waals surface area contributed by atoms with E-state index in [2.05, 4.69) is 23.0 Å². The molecule has 0 aliphatic carbocycles. The van der Waals surface area contributed by atoms with Gasteiger partial charge in [-0.05, 0) is 54.8 Å². The lowest BCUT2D eigenvalue weighted by Crippen LogP contribution is -2.09. The number of hydrogen-bond acceptors (Lipinski definition) is 5. The molecule has 0 radical (unpaired) electrons. The number of aryl methyl sites for hydroxylation is 2. The largest absolute Gasteiger partial charge is 0.464 e. The maximum atomic E-state index is 13.7. The summed E-state index contributed by atoms with van der Waals surface area (Å²) in [5.74, 6) is 0.603. The van der Waals surface area contributed by atoms with Crippen LogP contribution in [-0.4, -0.2) is 15.0 Å². The molecule has 3 heterocycles. The third kappa shape index (κ3) is 3.84. The first-order chi connectivity index (χ1) is 15.9. The summed E-state index contributed by atoms with van der Waals surface area (Å²) in [4.78, 5) is 13.2. The van der Waals surface area contributed by atoms with Crippen molar-refractivity contribution >= 4 is 16.8 Å². The summed E-state index contributed by atoms with van der Waals surface area (Å²) in [5, 5.41) is 1.04. The van der Waals surface area contributed by atoms with Gasteiger partial charge in [0.1, 0.15) is 23.0 Å². The highest BCUT2D eigenvalue weighted by molar-refractivity contribution is 5.86. The minimum absolute atomic E-state index is 0.0942. The average Bonchev–Trinajstić information content (AvgIpc) is 3.18. The van der Waals surface area contributed by atoms with Gasteiger partial charge in [-0.25, -0.2) is 14.4 Å². The Hall–Kier alpha value is -4.06. The first kappa shape index (κ1) is 20.8. The molecule has 0 saturated heterocycles. The first-order valence-electron chi connectivity index (χ1n) is 10.7. The van der Waals surface area contributed by atoms with Crippen molar-refractivity contribution in [2.24, 2.45) is 0 Å². The number of furan rings is 1. The van der Waals surface area contributed by atoms with Gasteiger partial charge in [0.2, 0.25) is 0 Å². The Bertz CT molecular complexity index is 1490. The molecule has 0 saturated carbocycles. The van der Waals surface area contributed by atoms with Crippen molar-refractivity contribution in [1.82, 2.24) is 15.0 Å². The fourth-order valence-corrected chi connectivity index (χ4v) is 4.28. The van der Waals surface area contributed by atoms with Crippen LogP contribution in [0.5, 0.6) is 0 Å². The molecule has 0 unspecified atom stereocenters. The molecular weight excluding hydrogens is 415 g/mol. The maximum absolute atomic E-state index is 13.7. The van der Waals surface area contributed by atoms with Crippen LogP contribution in [0.2, 0.25) is 0 Å². The zero-order valence-electron chi connectivity index (χ0n) is 18.6. The minimum atomic E-state index is -0.366. The predicted octanol–water partition coefficient (Wildman–Crippen LogP) is 6.44. The second kappa shape index (κ2) is 8.13. The third-order valence-electron chi connectivity index (χ3n) is 5.99. The summed E-state index contributed by atoms with van der Waals surface area (Å²) >= 11 is 0. The molecule has 0 aliphatic heterocycles. The van der Waals surface area contributed by atoms with Crippen molar-refractivity contribution in [3.8, 4) is 22.4 Å². The fourth-order valence-electron chi connectivity index (χ4n) is 4.28. The van der Waals surface area contributed by atoms with Crippen LogP contribution in [0.15, 0.2) is 71.6 Å². The van der Waals surface area contributed by atoms with Crippen molar-refractivity contribution < 1.29 is 8.81 Å². The summed E-state index contributed by atoms with van der Waals surface area (Å²) in [6, 6.07) is 15.5. The maximum Gasteiger partial charge on any atom is 0.142 e. The molecule has 6 heteroatoms. The third-order valence-corrected chi connectivity index (χ3v) is 5.99. The molecule has 5 nitrogen and oxygen atoms in total. The number of nitrogen functional groups attached to an aromatic ring is 1. The quantitative estimate of drug-likeness (QED) is 0.349. The monoisotopic (exact) mass is 438 g/mol. The first-order valence-corrected chi connectivity index (χ1v) is 10.7. The number of aromatic nitrogens is 3. The molecule has 5 rings (SSSR count). The van der Waals surface area contributed by atoms with E-state index in [1.807, 2.05) is 50.2 Å². The van der Waals surface area contributed by atoms with E-state index < -0.39 is 0 Å². The van der Waals surface area contributed by atoms with E-state index in [-0.39, 0.29) is 11.7 Å². The van der Waals surface area contributed by atoms with E-state index in [1.165, 1.54) is 12.3 Å². The van der Waals surface area contributed by atoms with Gasteiger partial charge in [-0.15, -0.1) is 0 Å². The van der Waals surface area contributed by atoms with E-state index in [9.17, 15) is 4.39 Å². The topological polar surface area (TPSA) is 77.8 Å². The number of anilines is 1. The zero-order valence-corrected chi connectivity index (χ0v) is 18.6. The molecule has 3 aromatic heterocycles. The van der Waals surface area contributed by atoms with Crippen LogP contribution in [0.25, 0.3) is 33.4 Å². The van der Waals surface area contributed by atoms with Gasteiger partial charge < -0.3 is 10.2 Å². The Morgan fingerprint density at radius 2 is 1.79 bits per heavy atom. The van der Waals surface area contributed by atoms with Crippen LogP contribution in [0.3, 0.4) is 0 Å². The van der Waals surface area contributed by atoms with Gasteiger partial charge in [-0.3, -0.25) is 4.98 Å². The van der Waals surface area contributed by atoms with Crippen LogP contribution in [0.4, 0.5) is 10.2 Å². The van der Waals surface area contributed by atoms with Gasteiger partial charge in [0.25, 0.3) is 0 Å². The number of fused-ring (bicyclic) bond motifs is 1. The molecule has 33 heavy (non-hydrogen) atoms. The summed E-state index contributed by atoms with van der Waals surface area (Å²) in [6.45, 7) is 5.94. The van der Waals surface area contributed by atoms with Gasteiger partial charge in [-0.1, -0.05) is 31.2 Å². The van der Waals surface area contributed by atoms with E-state index in [4.69, 9.17) is 15.1 Å². The number of pyridine rings is 1. The summed E-state index contributed by atoms with van der Waals surface area (Å²) in [7, 11) is 0. The lowest BCUT2D eigenvalue weighted by atomic mass is 9.88. The number of benzene rings is 2. The molecule has 1 atom stereocenters. The lowest BCUT2D eigenvalue weighted by Gasteiger charge is -2.19. The molecule has 2 aromatic carbocycles. The highest BCUT2D eigenvalue weighted by atomic mass is 19.1. The van der Waals surface area contributed by atoms with Crippen LogP contribution < -0.4 is 5.73 Å². The molecule has 0 bridgehead atoms. The molecule has 164 valence electrons. The highest BCUT2D eigenvalue weighted by Gasteiger charge is 2.21. The van der Waals surface area contributed by atoms with E-state index in [1.54, 1.807) is 12.5 Å². The molecule has 0 amide bonds. The second-order valence-electron chi connectivity index (χ2n) is 8.29. The predicted molar refractivity (Wildman–Crippen MR) is 128 cm³/mol. The Morgan fingerprint density at radius 3 is 2.61 bits per heavy atom. The molecule has 2 N–H and O–H groups in total. The minimum Gasteiger partial charge on any atom is -0.464 e. The lowest BCUT2D eigenvalue weighted by molar-refractivity contribution is 0.613. The van der Waals surface area contributed by atoms with Gasteiger partial charge in [0, 0.05) is 34.2 Å². The van der Waals surface area contributed by atoms with E-state index >= 15 is 0 Å². The van der Waals surface area contributed by atoms with E-state index in [0.717, 1.165) is 50.0 Å². The normalized spacial score (nSPS) is 12.2. The zero-order chi connectivity index (χ0) is 23.1. The summed E-state index contributed by atoms with van der Waals surface area (Å²) < 4.78 is 19.3. The van der Waals surface area contributed by atoms with Crippen LogP contribution in [-0.2, 0) is 0 Å². The number of nitrogens with zero attached hydrogens (tertiary/aromatic N) is 3. The standard InChI is InChI=1S/C27H23FN4O/c1-15-14-33-24-8-7-20(11-23(15)24)26-25(27(29)32-17(3)31-26)16(2)18-5-4-6-19(9-18)21-10-22(28)13-30-12-21/h4-14,16H,1-3H3,(H2,29,31,32)/t16-/m0/s1. The Balaban J connectivity index is 1.64. The number of nitrogens with two attached hydrogens (primary N) is 1. The molecule has 0 aliphatic rings. The summed E-state index contributed by atoms with van der Waals surface area (Å²) in [5.41, 5.74) is 13.6. The van der Waals surface area contributed by atoms with Crippen LogP contribution >= 0.6 is 0 Å². The van der Waals surface area contributed by atoms with Gasteiger partial charge in [0.05, 0.1) is 18.2 Å². The number of hydrogen-bond donors (Lipinski definition) is 1. The van der Waals surface area contributed by atoms with Crippen molar-refractivity contribution in [3.05, 3.63) is 95.5 Å². The SMILES string of the molecule is Cc1nc(N)c([C@@H](C)c2cccc(-c3cncc(F)c3)c2)c(-c2ccc3occ(C)c3c2)n1. The smallest absolute Gasteiger partial charge is 0.142 e. The Morgan fingerprint density at radius 1 is 0.939 bits per heavy atom. The van der Waals surface area contributed by atoms with Crippen LogP contribution in [0, 0.1) is 19.7 Å². The highest BCUT2D eigenvalue weighted by Crippen LogP contribution is 2.37. The van der Waals surface area contributed by atoms with Crippen molar-refractivity contribution in [3.63, 3.8) is 0 Å². The Kier molecular flexibility index (Phi) is 5.13. The van der Waals surface area contributed by atoms with Crippen molar-refractivity contribution in [2.45, 2.75) is 26.7 Å². The van der Waals surface area contributed by atoms with Gasteiger partial charge in [0.15, 0.2) is 0 Å². The van der Waals surface area contributed by atoms with Gasteiger partial charge in [-0.2, -0.15) is 0 Å². The van der Waals surface area contributed by atoms with E-state index in [0.29, 0.717) is 11.6 Å². The van der Waals surface area contributed by atoms with Crippen molar-refractivity contribution in [1.29, 1.82) is 0 Å². The second-order valence-corrected chi connectivity index (χ2v) is 8.29. The van der Waals surface area contributed by atoms with Gasteiger partial charge >= 0.3 is 0 Å². The average molecular weight is 439 g/mol. The van der Waals surface area contributed by atoms with Crippen molar-refractivity contribution in [2.75, 3.05) is 5.73 Å². The molecular formula is C27H23FN4O. The molecule has 5 aromatic rings. The summed E-state index contributed by atoms with van der Waals surface area (Å²) in [6.07, 6.45) is 4.61. The molecule has 0 fully saturated rings. The van der Waals surface area contributed by atoms with Crippen LogP contribution in [0.1, 0.15) is 35.4 Å². The molecule has 0 spiro atoms. The number of rotatable bonds is 4. The Labute approximate surface area is 191 Å². The number of halogens is 1. The fraction of sp³-hybridized carbons (Fsp3) is 0.148.